The molecule has 0 radical (unpaired) electrons. The lowest BCUT2D eigenvalue weighted by molar-refractivity contribution is -0.235. The highest BCUT2D eigenvalue weighted by Gasteiger charge is 2.48. The third-order valence-corrected chi connectivity index (χ3v) is 0.960. The van der Waals surface area contributed by atoms with Crippen molar-refractivity contribution >= 4 is 0 Å². The summed E-state index contributed by atoms with van der Waals surface area (Å²) in [5.41, 5.74) is -2.63. The Balaban J connectivity index is 4.23. The van der Waals surface area contributed by atoms with Crippen LogP contribution in [0.5, 0.6) is 0 Å². The number of hydrogen-bond donors (Lipinski definition) is 1. The van der Waals surface area contributed by atoms with E-state index in [0.717, 1.165) is 0 Å². The van der Waals surface area contributed by atoms with Crippen molar-refractivity contribution < 1.29 is 22.7 Å². The standard InChI is InChI=1S/C5H8F4O/c1-4(2,6)3(10)5(7,8)9/h3,10H,1-2H3. The van der Waals surface area contributed by atoms with Gasteiger partial charge in [-0.3, -0.25) is 0 Å². The summed E-state index contributed by atoms with van der Waals surface area (Å²) in [7, 11) is 0. The van der Waals surface area contributed by atoms with E-state index in [2.05, 4.69) is 0 Å². The van der Waals surface area contributed by atoms with Gasteiger partial charge in [0.1, 0.15) is 5.67 Å². The summed E-state index contributed by atoms with van der Waals surface area (Å²) in [6.07, 6.45) is -7.78. The Labute approximate surface area is 55.7 Å². The zero-order chi connectivity index (χ0) is 8.58. The number of aliphatic hydroxyl groups excluding tert-OH is 1. The van der Waals surface area contributed by atoms with Crippen LogP contribution in [0.2, 0.25) is 0 Å². The lowest BCUT2D eigenvalue weighted by Gasteiger charge is -2.23. The predicted molar refractivity (Wildman–Crippen MR) is 27.2 cm³/mol. The molecule has 1 N–H and O–H groups in total. The van der Waals surface area contributed by atoms with Gasteiger partial charge in [0.25, 0.3) is 0 Å². The lowest BCUT2D eigenvalue weighted by atomic mass is 10.0. The molecule has 0 bridgehead atoms. The monoisotopic (exact) mass is 160 g/mol. The Hall–Kier alpha value is -0.320. The van der Waals surface area contributed by atoms with Crippen molar-refractivity contribution in [3.63, 3.8) is 0 Å². The summed E-state index contributed by atoms with van der Waals surface area (Å²) < 4.78 is 46.7. The Kier molecular flexibility index (Phi) is 2.30. The van der Waals surface area contributed by atoms with E-state index in [1.807, 2.05) is 0 Å². The quantitative estimate of drug-likeness (QED) is 0.578. The number of alkyl halides is 4. The topological polar surface area (TPSA) is 20.2 Å². The van der Waals surface area contributed by atoms with E-state index in [9.17, 15) is 17.6 Å². The SMILES string of the molecule is CC(C)(F)C(O)C(F)(F)F. The number of aliphatic hydroxyl groups is 1. The van der Waals surface area contributed by atoms with E-state index < -0.39 is 17.9 Å². The average Bonchev–Trinajstić information content (AvgIpc) is 1.59. The molecule has 0 amide bonds. The molecule has 0 aliphatic heterocycles. The van der Waals surface area contributed by atoms with Gasteiger partial charge in [0, 0.05) is 0 Å². The highest BCUT2D eigenvalue weighted by molar-refractivity contribution is 4.82. The van der Waals surface area contributed by atoms with Gasteiger partial charge in [-0.25, -0.2) is 4.39 Å². The molecule has 0 aromatic carbocycles. The summed E-state index contributed by atoms with van der Waals surface area (Å²) in [6.45, 7) is 1.34. The van der Waals surface area contributed by atoms with Crippen molar-refractivity contribution in [2.45, 2.75) is 31.8 Å². The van der Waals surface area contributed by atoms with Gasteiger partial charge in [0.15, 0.2) is 6.10 Å². The minimum Gasteiger partial charge on any atom is -0.381 e. The molecule has 5 heteroatoms. The zero-order valence-electron chi connectivity index (χ0n) is 5.54. The first kappa shape index (κ1) is 9.68. The van der Waals surface area contributed by atoms with Crippen LogP contribution in [0.15, 0.2) is 0 Å². The molecule has 0 aromatic heterocycles. The smallest absolute Gasteiger partial charge is 0.381 e. The van der Waals surface area contributed by atoms with Crippen molar-refractivity contribution in [3.05, 3.63) is 0 Å². The molecule has 10 heavy (non-hydrogen) atoms. The molecular formula is C5H8F4O. The minimum absolute atomic E-state index is 0.672. The molecule has 0 saturated carbocycles. The summed E-state index contributed by atoms with van der Waals surface area (Å²) in [5.74, 6) is 0. The number of hydrogen-bond acceptors (Lipinski definition) is 1. The van der Waals surface area contributed by atoms with Gasteiger partial charge in [0.05, 0.1) is 0 Å². The van der Waals surface area contributed by atoms with Crippen LogP contribution in [0.1, 0.15) is 13.8 Å². The van der Waals surface area contributed by atoms with Crippen molar-refractivity contribution in [1.29, 1.82) is 0 Å². The fraction of sp³-hybridized carbons (Fsp3) is 1.00. The molecule has 1 atom stereocenters. The lowest BCUT2D eigenvalue weighted by Crippen LogP contribution is -2.43. The number of rotatable bonds is 1. The van der Waals surface area contributed by atoms with Gasteiger partial charge in [-0.15, -0.1) is 0 Å². The van der Waals surface area contributed by atoms with Crippen LogP contribution in [0.4, 0.5) is 17.6 Å². The molecular weight excluding hydrogens is 152 g/mol. The van der Waals surface area contributed by atoms with E-state index in [-0.39, 0.29) is 0 Å². The van der Waals surface area contributed by atoms with Gasteiger partial charge in [0.2, 0.25) is 0 Å². The van der Waals surface area contributed by atoms with Crippen molar-refractivity contribution in [2.75, 3.05) is 0 Å². The van der Waals surface area contributed by atoms with Crippen LogP contribution >= 0.6 is 0 Å². The summed E-state index contributed by atoms with van der Waals surface area (Å²) >= 11 is 0. The van der Waals surface area contributed by atoms with Crippen LogP contribution in [0.25, 0.3) is 0 Å². The predicted octanol–water partition coefficient (Wildman–Crippen LogP) is 1.66. The molecule has 0 saturated heterocycles. The third-order valence-electron chi connectivity index (χ3n) is 0.960. The zero-order valence-corrected chi connectivity index (χ0v) is 5.54. The normalized spacial score (nSPS) is 17.1. The van der Waals surface area contributed by atoms with Gasteiger partial charge in [-0.05, 0) is 13.8 Å². The molecule has 1 nitrogen and oxygen atoms in total. The van der Waals surface area contributed by atoms with Gasteiger partial charge in [-0.1, -0.05) is 0 Å². The largest absolute Gasteiger partial charge is 0.417 e. The van der Waals surface area contributed by atoms with Gasteiger partial charge >= 0.3 is 6.18 Å². The molecule has 0 heterocycles. The second-order valence-corrected chi connectivity index (χ2v) is 2.51. The fourth-order valence-electron chi connectivity index (χ4n) is 0.389. The molecule has 0 aliphatic carbocycles. The van der Waals surface area contributed by atoms with E-state index in [1.165, 1.54) is 0 Å². The maximum absolute atomic E-state index is 12.3. The van der Waals surface area contributed by atoms with Crippen LogP contribution in [0, 0.1) is 0 Å². The first-order chi connectivity index (χ1) is 4.15. The highest BCUT2D eigenvalue weighted by Crippen LogP contribution is 2.29. The molecule has 62 valence electrons. The first-order valence-electron chi connectivity index (χ1n) is 2.59. The van der Waals surface area contributed by atoms with Crippen LogP contribution in [-0.4, -0.2) is 23.1 Å². The van der Waals surface area contributed by atoms with Crippen LogP contribution in [0.3, 0.4) is 0 Å². The molecule has 0 aliphatic rings. The highest BCUT2D eigenvalue weighted by atomic mass is 19.4. The Morgan fingerprint density at radius 2 is 1.40 bits per heavy atom. The maximum atomic E-state index is 12.3. The average molecular weight is 160 g/mol. The van der Waals surface area contributed by atoms with Crippen molar-refractivity contribution in [1.82, 2.24) is 0 Å². The number of halogens is 4. The molecule has 0 rings (SSSR count). The van der Waals surface area contributed by atoms with Crippen LogP contribution in [-0.2, 0) is 0 Å². The third kappa shape index (κ3) is 2.51. The summed E-state index contributed by atoms with van der Waals surface area (Å²) in [4.78, 5) is 0. The molecule has 0 fully saturated rings. The summed E-state index contributed by atoms with van der Waals surface area (Å²) in [6, 6.07) is 0. The molecule has 1 unspecified atom stereocenters. The van der Waals surface area contributed by atoms with E-state index in [4.69, 9.17) is 5.11 Å². The van der Waals surface area contributed by atoms with E-state index in [1.54, 1.807) is 0 Å². The Morgan fingerprint density at radius 1 is 1.10 bits per heavy atom. The molecule has 0 spiro atoms. The van der Waals surface area contributed by atoms with Crippen LogP contribution < -0.4 is 0 Å². The second-order valence-electron chi connectivity index (χ2n) is 2.51. The Bertz CT molecular complexity index is 97.8. The first-order valence-corrected chi connectivity index (χ1v) is 2.59. The Morgan fingerprint density at radius 3 is 1.40 bits per heavy atom. The minimum atomic E-state index is -4.88. The van der Waals surface area contributed by atoms with E-state index in [0.29, 0.717) is 13.8 Å². The van der Waals surface area contributed by atoms with Gasteiger partial charge < -0.3 is 5.11 Å². The van der Waals surface area contributed by atoms with Crippen molar-refractivity contribution in [3.8, 4) is 0 Å². The van der Waals surface area contributed by atoms with Crippen molar-refractivity contribution in [2.24, 2.45) is 0 Å². The summed E-state index contributed by atoms with van der Waals surface area (Å²) in [5, 5.41) is 8.22. The molecule has 0 aromatic rings. The maximum Gasteiger partial charge on any atom is 0.417 e. The second kappa shape index (κ2) is 2.38. The fourth-order valence-corrected chi connectivity index (χ4v) is 0.389. The van der Waals surface area contributed by atoms with Gasteiger partial charge in [-0.2, -0.15) is 13.2 Å². The van der Waals surface area contributed by atoms with E-state index >= 15 is 0 Å².